The van der Waals surface area contributed by atoms with Crippen molar-refractivity contribution in [2.75, 3.05) is 5.43 Å². The molecule has 0 atom stereocenters. The van der Waals surface area contributed by atoms with Crippen LogP contribution in [0.4, 0.5) is 5.95 Å². The molecule has 0 aliphatic rings. The molecule has 0 aromatic carbocycles. The van der Waals surface area contributed by atoms with Crippen LogP contribution in [0.25, 0.3) is 11.0 Å². The van der Waals surface area contributed by atoms with Crippen LogP contribution in [0.15, 0.2) is 16.4 Å². The lowest BCUT2D eigenvalue weighted by Crippen LogP contribution is -2.11. The number of nitrogen functional groups attached to an aromatic ring is 1. The number of H-pyrrole nitrogens is 1. The quantitative estimate of drug-likeness (QED) is 0.319. The topological polar surface area (TPSA) is 136 Å². The van der Waals surface area contributed by atoms with Crippen LogP contribution in [0.3, 0.4) is 0 Å². The van der Waals surface area contributed by atoms with Gasteiger partial charge in [-0.25, -0.2) is 15.5 Å². The molecule has 0 radical (unpaired) electrons. The number of aryl methyl sites for hydroxylation is 1. The number of anilines is 1. The molecule has 0 spiro atoms. The third kappa shape index (κ3) is 1.74. The van der Waals surface area contributed by atoms with Gasteiger partial charge in [-0.15, -0.1) is 5.10 Å². The Kier molecular flexibility index (Phi) is 2.53. The lowest BCUT2D eigenvalue weighted by atomic mass is 10.4. The van der Waals surface area contributed by atoms with Crippen LogP contribution >= 0.6 is 11.8 Å². The van der Waals surface area contributed by atoms with E-state index in [1.807, 2.05) is 0 Å². The van der Waals surface area contributed by atoms with Gasteiger partial charge in [0, 0.05) is 7.05 Å². The first-order valence-electron chi connectivity index (χ1n) is 4.86. The fourth-order valence-electron chi connectivity index (χ4n) is 1.34. The molecule has 0 bridgehead atoms. The molecular formula is C7H8N10S. The van der Waals surface area contributed by atoms with Crippen molar-refractivity contribution in [2.45, 2.75) is 10.2 Å². The molecular weight excluding hydrogens is 256 g/mol. The molecule has 3 aromatic rings. The summed E-state index contributed by atoms with van der Waals surface area (Å²) >= 11 is 1.30. The summed E-state index contributed by atoms with van der Waals surface area (Å²) in [5.74, 6) is 5.61. The van der Waals surface area contributed by atoms with Crippen molar-refractivity contribution in [3.8, 4) is 0 Å². The monoisotopic (exact) mass is 264 g/mol. The van der Waals surface area contributed by atoms with E-state index in [0.29, 0.717) is 21.8 Å². The van der Waals surface area contributed by atoms with Crippen molar-refractivity contribution < 1.29 is 0 Å². The highest BCUT2D eigenvalue weighted by molar-refractivity contribution is 7.99. The van der Waals surface area contributed by atoms with E-state index in [9.17, 15) is 0 Å². The van der Waals surface area contributed by atoms with Gasteiger partial charge < -0.3 is 0 Å². The summed E-state index contributed by atoms with van der Waals surface area (Å²) in [6.45, 7) is 0. The largest absolute Gasteiger partial charge is 0.292 e. The zero-order valence-electron chi connectivity index (χ0n) is 9.19. The Morgan fingerprint density at radius 2 is 2.33 bits per heavy atom. The predicted octanol–water partition coefficient (Wildman–Crippen LogP) is -0.687. The number of fused-ring (bicyclic) bond motifs is 1. The van der Waals surface area contributed by atoms with Crippen molar-refractivity contribution in [2.24, 2.45) is 12.9 Å². The third-order valence-electron chi connectivity index (χ3n) is 2.17. The molecule has 0 fully saturated rings. The van der Waals surface area contributed by atoms with Crippen molar-refractivity contribution in [1.29, 1.82) is 0 Å². The SMILES string of the molecule is Cn1nnnc1Sc1nc(NN)nc2[nH]ncc12. The summed E-state index contributed by atoms with van der Waals surface area (Å²) in [7, 11) is 1.75. The number of nitrogens with zero attached hydrogens (tertiary/aromatic N) is 7. The number of aromatic amines is 1. The Bertz CT molecular complexity index is 686. The number of hydrazine groups is 1. The first-order chi connectivity index (χ1) is 8.78. The normalized spacial score (nSPS) is 11.0. The fourth-order valence-corrected chi connectivity index (χ4v) is 2.16. The van der Waals surface area contributed by atoms with Gasteiger partial charge in [0.1, 0.15) is 5.03 Å². The number of aromatic nitrogens is 8. The lowest BCUT2D eigenvalue weighted by molar-refractivity contribution is 0.664. The molecule has 0 saturated heterocycles. The van der Waals surface area contributed by atoms with Crippen LogP contribution in [0.2, 0.25) is 0 Å². The summed E-state index contributed by atoms with van der Waals surface area (Å²) in [5, 5.41) is 19.9. The lowest BCUT2D eigenvalue weighted by Gasteiger charge is -2.03. The summed E-state index contributed by atoms with van der Waals surface area (Å²) in [5.41, 5.74) is 2.99. The highest BCUT2D eigenvalue weighted by Gasteiger charge is 2.13. The van der Waals surface area contributed by atoms with Gasteiger partial charge in [-0.1, -0.05) is 0 Å². The van der Waals surface area contributed by atoms with Crippen molar-refractivity contribution in [1.82, 2.24) is 40.4 Å². The first-order valence-corrected chi connectivity index (χ1v) is 5.67. The Labute approximate surface area is 104 Å². The van der Waals surface area contributed by atoms with Gasteiger partial charge in [0.2, 0.25) is 11.1 Å². The average Bonchev–Trinajstić information content (AvgIpc) is 2.98. The van der Waals surface area contributed by atoms with E-state index in [-0.39, 0.29) is 0 Å². The van der Waals surface area contributed by atoms with E-state index in [0.717, 1.165) is 5.39 Å². The molecule has 0 amide bonds. The molecule has 3 heterocycles. The zero-order chi connectivity index (χ0) is 12.5. The second-order valence-corrected chi connectivity index (χ2v) is 4.27. The number of tetrazole rings is 1. The first kappa shape index (κ1) is 10.9. The van der Waals surface area contributed by atoms with E-state index < -0.39 is 0 Å². The Balaban J connectivity index is 2.10. The van der Waals surface area contributed by atoms with E-state index in [2.05, 4.69) is 41.1 Å². The maximum Gasteiger partial charge on any atom is 0.240 e. The van der Waals surface area contributed by atoms with Crippen molar-refractivity contribution >= 4 is 28.7 Å². The minimum absolute atomic E-state index is 0.296. The van der Waals surface area contributed by atoms with E-state index in [1.165, 1.54) is 11.8 Å². The summed E-state index contributed by atoms with van der Waals surface area (Å²) in [6, 6.07) is 0. The van der Waals surface area contributed by atoms with E-state index in [1.54, 1.807) is 17.9 Å². The van der Waals surface area contributed by atoms with Gasteiger partial charge in [0.25, 0.3) is 0 Å². The van der Waals surface area contributed by atoms with E-state index in [4.69, 9.17) is 5.84 Å². The number of hydrogen-bond acceptors (Lipinski definition) is 9. The summed E-state index contributed by atoms with van der Waals surface area (Å²) < 4.78 is 1.55. The molecule has 0 aliphatic heterocycles. The Morgan fingerprint density at radius 1 is 1.44 bits per heavy atom. The van der Waals surface area contributed by atoms with Gasteiger partial charge in [-0.2, -0.15) is 10.1 Å². The maximum absolute atomic E-state index is 5.32. The molecule has 18 heavy (non-hydrogen) atoms. The van der Waals surface area contributed by atoms with Gasteiger partial charge >= 0.3 is 0 Å². The molecule has 0 aliphatic carbocycles. The van der Waals surface area contributed by atoms with Crippen LogP contribution in [0.1, 0.15) is 0 Å². The second kappa shape index (κ2) is 4.19. The van der Waals surface area contributed by atoms with Gasteiger partial charge in [0.05, 0.1) is 11.6 Å². The van der Waals surface area contributed by atoms with Crippen LogP contribution in [0.5, 0.6) is 0 Å². The molecule has 11 heteroatoms. The second-order valence-electron chi connectivity index (χ2n) is 3.32. The Morgan fingerprint density at radius 3 is 3.06 bits per heavy atom. The predicted molar refractivity (Wildman–Crippen MR) is 62.4 cm³/mol. The molecule has 3 rings (SSSR count). The fraction of sp³-hybridized carbons (Fsp3) is 0.143. The molecule has 10 nitrogen and oxygen atoms in total. The third-order valence-corrected chi connectivity index (χ3v) is 3.21. The van der Waals surface area contributed by atoms with Gasteiger partial charge in [-0.3, -0.25) is 10.5 Å². The van der Waals surface area contributed by atoms with Crippen LogP contribution in [0, 0.1) is 0 Å². The Hall–Kier alpha value is -2.27. The van der Waals surface area contributed by atoms with Gasteiger partial charge in [0.15, 0.2) is 5.65 Å². The van der Waals surface area contributed by atoms with Crippen molar-refractivity contribution in [3.05, 3.63) is 6.20 Å². The zero-order valence-corrected chi connectivity index (χ0v) is 10.0. The van der Waals surface area contributed by atoms with Gasteiger partial charge in [-0.05, 0) is 22.2 Å². The summed E-state index contributed by atoms with van der Waals surface area (Å²) in [6.07, 6.45) is 1.64. The molecule has 0 saturated carbocycles. The molecule has 4 N–H and O–H groups in total. The number of nitrogens with one attached hydrogen (secondary N) is 2. The van der Waals surface area contributed by atoms with Crippen LogP contribution in [-0.2, 0) is 7.05 Å². The highest BCUT2D eigenvalue weighted by atomic mass is 32.2. The average molecular weight is 264 g/mol. The summed E-state index contributed by atoms with van der Waals surface area (Å²) in [4.78, 5) is 8.38. The number of nitrogens with two attached hydrogens (primary N) is 1. The van der Waals surface area contributed by atoms with E-state index >= 15 is 0 Å². The maximum atomic E-state index is 5.32. The smallest absolute Gasteiger partial charge is 0.240 e. The minimum atomic E-state index is 0.296. The molecule has 3 aromatic heterocycles. The van der Waals surface area contributed by atoms with Crippen LogP contribution < -0.4 is 11.3 Å². The minimum Gasteiger partial charge on any atom is -0.292 e. The number of rotatable bonds is 3. The molecule has 92 valence electrons. The molecule has 0 unspecified atom stereocenters. The van der Waals surface area contributed by atoms with Crippen LogP contribution in [-0.4, -0.2) is 40.4 Å². The number of hydrogen-bond donors (Lipinski definition) is 3. The highest BCUT2D eigenvalue weighted by Crippen LogP contribution is 2.29. The van der Waals surface area contributed by atoms with Crippen molar-refractivity contribution in [3.63, 3.8) is 0 Å². The standard InChI is InChI=1S/C7H8N10S/c1-17-7(14-15-16-17)18-5-3-2-9-13-4(3)10-6(11-5)12-8/h2H,8H2,1H3,(H2,9,10,11,12,13).